The van der Waals surface area contributed by atoms with Crippen molar-refractivity contribution in [2.75, 3.05) is 31.6 Å². The molecule has 0 bridgehead atoms. The summed E-state index contributed by atoms with van der Waals surface area (Å²) in [5, 5.41) is 4.04. The fraction of sp³-hybridized carbons (Fsp3) is 0.588. The first kappa shape index (κ1) is 18.8. The molecular weight excluding hydrogens is 296 g/mol. The molecule has 1 atom stereocenters. The van der Waals surface area contributed by atoms with Gasteiger partial charge in [0.2, 0.25) is 0 Å². The highest BCUT2D eigenvalue weighted by Gasteiger charge is 2.31. The van der Waals surface area contributed by atoms with Crippen molar-refractivity contribution in [2.24, 2.45) is 0 Å². The lowest BCUT2D eigenvalue weighted by Crippen LogP contribution is -2.22. The lowest BCUT2D eigenvalue weighted by Gasteiger charge is -2.22. The number of methoxy groups -OCH3 is 1. The summed E-state index contributed by atoms with van der Waals surface area (Å²) in [6.45, 7) is 12.6. The van der Waals surface area contributed by atoms with Crippen molar-refractivity contribution in [2.45, 2.75) is 37.8 Å². The van der Waals surface area contributed by atoms with Crippen LogP contribution >= 0.6 is 11.8 Å². The number of nitrogens with zero attached hydrogens (tertiary/aromatic N) is 1. The molecule has 1 aromatic rings. The monoisotopic (exact) mass is 324 g/mol. The van der Waals surface area contributed by atoms with Gasteiger partial charge in [0.15, 0.2) is 0 Å². The maximum absolute atomic E-state index is 8.95. The molecule has 0 aliphatic carbocycles. The number of benzene rings is 1. The molecule has 124 valence electrons. The predicted octanol–water partition coefficient (Wildman–Crippen LogP) is 3.44. The Labute approximate surface area is 138 Å². The van der Waals surface area contributed by atoms with Crippen LogP contribution < -0.4 is 10.2 Å². The van der Waals surface area contributed by atoms with Crippen LogP contribution in [0.2, 0.25) is 0 Å². The van der Waals surface area contributed by atoms with Crippen LogP contribution in [0.1, 0.15) is 38.6 Å². The van der Waals surface area contributed by atoms with E-state index in [4.69, 9.17) is 4.79 Å². The third-order valence-corrected chi connectivity index (χ3v) is 5.03. The van der Waals surface area contributed by atoms with Crippen LogP contribution in [0.4, 0.5) is 5.69 Å². The standard InChI is InChI=1S/C15H24N2S.C2H4O2/c1-5-17(6-2)13-9-7-12(8-10-13)14-16-11-15(3,4)18-14;1-4-2-3/h7-10,14,16H,5-6,11H2,1-4H3;2H,1H3. The summed E-state index contributed by atoms with van der Waals surface area (Å²) in [4.78, 5) is 11.3. The molecule has 1 aliphatic rings. The Hall–Kier alpha value is -1.20. The van der Waals surface area contributed by atoms with Crippen LogP contribution in [0.25, 0.3) is 0 Å². The molecule has 1 aromatic carbocycles. The van der Waals surface area contributed by atoms with E-state index >= 15 is 0 Å². The van der Waals surface area contributed by atoms with E-state index in [0.29, 0.717) is 16.6 Å². The van der Waals surface area contributed by atoms with E-state index < -0.39 is 0 Å². The zero-order valence-electron chi connectivity index (χ0n) is 14.3. The van der Waals surface area contributed by atoms with Gasteiger partial charge in [0.1, 0.15) is 0 Å². The highest BCUT2D eigenvalue weighted by molar-refractivity contribution is 8.01. The third-order valence-electron chi connectivity index (χ3n) is 3.57. The normalized spacial score (nSPS) is 19.0. The molecule has 0 amide bonds. The first-order valence-corrected chi connectivity index (χ1v) is 8.58. The van der Waals surface area contributed by atoms with E-state index in [2.05, 4.69) is 66.9 Å². The molecule has 5 heteroatoms. The fourth-order valence-electron chi connectivity index (χ4n) is 2.38. The lowest BCUT2D eigenvalue weighted by atomic mass is 10.1. The third kappa shape index (κ3) is 5.54. The Morgan fingerprint density at radius 1 is 1.32 bits per heavy atom. The van der Waals surface area contributed by atoms with E-state index in [1.54, 1.807) is 0 Å². The maximum atomic E-state index is 8.95. The van der Waals surface area contributed by atoms with Gasteiger partial charge in [0.25, 0.3) is 6.47 Å². The number of anilines is 1. The number of thioether (sulfide) groups is 1. The quantitative estimate of drug-likeness (QED) is 0.840. The molecule has 1 unspecified atom stereocenters. The van der Waals surface area contributed by atoms with E-state index in [1.807, 2.05) is 11.8 Å². The predicted molar refractivity (Wildman–Crippen MR) is 95.5 cm³/mol. The molecule has 1 heterocycles. The second-order valence-corrected chi connectivity index (χ2v) is 7.55. The second kappa shape index (κ2) is 9.06. The van der Waals surface area contributed by atoms with Crippen molar-refractivity contribution in [3.8, 4) is 0 Å². The van der Waals surface area contributed by atoms with Gasteiger partial charge in [-0.1, -0.05) is 12.1 Å². The number of carbonyl (C=O) groups excluding carboxylic acids is 1. The second-order valence-electron chi connectivity index (χ2n) is 5.73. The van der Waals surface area contributed by atoms with E-state index in [0.717, 1.165) is 19.6 Å². The van der Waals surface area contributed by atoms with Crippen LogP contribution in [-0.4, -0.2) is 38.0 Å². The molecule has 0 spiro atoms. The van der Waals surface area contributed by atoms with Crippen molar-refractivity contribution >= 4 is 23.9 Å². The molecule has 2 rings (SSSR count). The van der Waals surface area contributed by atoms with E-state index in [-0.39, 0.29) is 0 Å². The molecule has 1 saturated heterocycles. The Morgan fingerprint density at radius 2 is 1.86 bits per heavy atom. The lowest BCUT2D eigenvalue weighted by molar-refractivity contribution is -0.126. The molecule has 4 nitrogen and oxygen atoms in total. The van der Waals surface area contributed by atoms with Crippen molar-refractivity contribution < 1.29 is 9.53 Å². The highest BCUT2D eigenvalue weighted by atomic mass is 32.2. The van der Waals surface area contributed by atoms with Gasteiger partial charge >= 0.3 is 0 Å². The van der Waals surface area contributed by atoms with Gasteiger partial charge in [0, 0.05) is 30.1 Å². The number of ether oxygens (including phenoxy) is 1. The Balaban J connectivity index is 0.000000541. The van der Waals surface area contributed by atoms with Gasteiger partial charge in [-0.15, -0.1) is 11.8 Å². The van der Waals surface area contributed by atoms with Crippen LogP contribution in [0.5, 0.6) is 0 Å². The number of rotatable bonds is 5. The first-order chi connectivity index (χ1) is 10.5. The summed E-state index contributed by atoms with van der Waals surface area (Å²) in [5.41, 5.74) is 2.72. The van der Waals surface area contributed by atoms with Crippen LogP contribution in [0.3, 0.4) is 0 Å². The largest absolute Gasteiger partial charge is 0.471 e. The molecule has 22 heavy (non-hydrogen) atoms. The molecule has 0 radical (unpaired) electrons. The van der Waals surface area contributed by atoms with Crippen LogP contribution in [0, 0.1) is 0 Å². The number of hydrogen-bond acceptors (Lipinski definition) is 5. The van der Waals surface area contributed by atoms with Gasteiger partial charge in [-0.25, -0.2) is 0 Å². The van der Waals surface area contributed by atoms with Crippen LogP contribution in [-0.2, 0) is 9.53 Å². The van der Waals surface area contributed by atoms with Crippen LogP contribution in [0.15, 0.2) is 24.3 Å². The van der Waals surface area contributed by atoms with Gasteiger partial charge < -0.3 is 15.0 Å². The average molecular weight is 324 g/mol. The Bertz CT molecular complexity index is 444. The molecule has 1 aliphatic heterocycles. The number of hydrogen-bond donors (Lipinski definition) is 1. The smallest absolute Gasteiger partial charge is 0.292 e. The summed E-state index contributed by atoms with van der Waals surface area (Å²) in [6.07, 6.45) is 0. The minimum absolute atomic E-state index is 0.349. The minimum Gasteiger partial charge on any atom is -0.471 e. The molecular formula is C17H28N2O2S. The van der Waals surface area contributed by atoms with Crippen molar-refractivity contribution in [1.82, 2.24) is 5.32 Å². The summed E-state index contributed by atoms with van der Waals surface area (Å²) in [7, 11) is 1.31. The summed E-state index contributed by atoms with van der Waals surface area (Å²) >= 11 is 2.02. The maximum Gasteiger partial charge on any atom is 0.292 e. The summed E-state index contributed by atoms with van der Waals surface area (Å²) < 4.78 is 4.21. The zero-order valence-corrected chi connectivity index (χ0v) is 15.1. The highest BCUT2D eigenvalue weighted by Crippen LogP contribution is 2.42. The van der Waals surface area contributed by atoms with Crippen molar-refractivity contribution in [3.05, 3.63) is 29.8 Å². The summed E-state index contributed by atoms with van der Waals surface area (Å²) in [6, 6.07) is 9.02. The molecule has 0 saturated carbocycles. The van der Waals surface area contributed by atoms with Crippen molar-refractivity contribution in [1.29, 1.82) is 0 Å². The molecule has 0 aromatic heterocycles. The number of carbonyl (C=O) groups is 1. The molecule has 1 fully saturated rings. The Morgan fingerprint density at radius 3 is 2.23 bits per heavy atom. The minimum atomic E-state index is 0.349. The molecule has 1 N–H and O–H groups in total. The van der Waals surface area contributed by atoms with Gasteiger partial charge in [-0.3, -0.25) is 4.79 Å². The van der Waals surface area contributed by atoms with Crippen molar-refractivity contribution in [3.63, 3.8) is 0 Å². The van der Waals surface area contributed by atoms with Gasteiger partial charge in [-0.05, 0) is 45.4 Å². The van der Waals surface area contributed by atoms with E-state index in [9.17, 15) is 0 Å². The van der Waals surface area contributed by atoms with E-state index in [1.165, 1.54) is 18.4 Å². The summed E-state index contributed by atoms with van der Waals surface area (Å²) in [5.74, 6) is 0. The SMILES string of the molecule is CCN(CC)c1ccc(C2NCC(C)(C)S2)cc1.COC=O. The van der Waals surface area contributed by atoms with Gasteiger partial charge in [0.05, 0.1) is 12.5 Å². The van der Waals surface area contributed by atoms with Gasteiger partial charge in [-0.2, -0.15) is 0 Å². The first-order valence-electron chi connectivity index (χ1n) is 7.70. The fourth-order valence-corrected chi connectivity index (χ4v) is 3.64. The number of nitrogens with one attached hydrogen (secondary N) is 1. The average Bonchev–Trinajstić information content (AvgIpc) is 2.89. The topological polar surface area (TPSA) is 41.6 Å². The zero-order chi connectivity index (χ0) is 16.6. The Kier molecular flexibility index (Phi) is 7.76.